The van der Waals surface area contributed by atoms with Crippen LogP contribution in [0.1, 0.15) is 37.8 Å². The second-order valence-corrected chi connectivity index (χ2v) is 4.23. The molecule has 1 atom stereocenters. The largest absolute Gasteiger partial charge is 0.496 e. The van der Waals surface area contributed by atoms with Gasteiger partial charge in [0, 0.05) is 5.56 Å². The van der Waals surface area contributed by atoms with Crippen molar-refractivity contribution in [3.05, 3.63) is 29.3 Å². The van der Waals surface area contributed by atoms with E-state index in [1.165, 1.54) is 0 Å². The number of benzene rings is 1. The van der Waals surface area contributed by atoms with Crippen molar-refractivity contribution >= 4 is 0 Å². The van der Waals surface area contributed by atoms with Crippen molar-refractivity contribution in [1.29, 1.82) is 0 Å². The quantitative estimate of drug-likeness (QED) is 0.824. The van der Waals surface area contributed by atoms with Crippen molar-refractivity contribution in [2.45, 2.75) is 39.2 Å². The molecule has 0 amide bonds. The normalized spacial score (nSPS) is 14.7. The lowest BCUT2D eigenvalue weighted by Crippen LogP contribution is -2.21. The van der Waals surface area contributed by atoms with Crippen LogP contribution >= 0.6 is 0 Å². The van der Waals surface area contributed by atoms with Crippen molar-refractivity contribution in [3.63, 3.8) is 0 Å². The molecule has 0 aliphatic rings. The van der Waals surface area contributed by atoms with Crippen LogP contribution in [0, 0.1) is 6.92 Å². The molecule has 15 heavy (non-hydrogen) atoms. The Balaban J connectivity index is 3.15. The van der Waals surface area contributed by atoms with Crippen molar-refractivity contribution < 1.29 is 9.84 Å². The lowest BCUT2D eigenvalue weighted by atomic mass is 9.89. The summed E-state index contributed by atoms with van der Waals surface area (Å²) in [6, 6.07) is 5.90. The number of ether oxygens (including phenoxy) is 1. The van der Waals surface area contributed by atoms with Gasteiger partial charge in [0.15, 0.2) is 0 Å². The van der Waals surface area contributed by atoms with Gasteiger partial charge >= 0.3 is 0 Å². The second-order valence-electron chi connectivity index (χ2n) is 4.23. The molecule has 0 saturated carbocycles. The minimum atomic E-state index is -0.799. The zero-order chi connectivity index (χ0) is 11.5. The second kappa shape index (κ2) is 4.67. The molecule has 0 bridgehead atoms. The zero-order valence-electron chi connectivity index (χ0n) is 10.0. The summed E-state index contributed by atoms with van der Waals surface area (Å²) in [7, 11) is 1.64. The van der Waals surface area contributed by atoms with Crippen LogP contribution in [0.5, 0.6) is 5.75 Å². The first kappa shape index (κ1) is 12.1. The Hall–Kier alpha value is -1.02. The van der Waals surface area contributed by atoms with E-state index < -0.39 is 5.60 Å². The van der Waals surface area contributed by atoms with Crippen LogP contribution in [0.4, 0.5) is 0 Å². The molecule has 0 heterocycles. The van der Waals surface area contributed by atoms with Gasteiger partial charge in [-0.3, -0.25) is 0 Å². The van der Waals surface area contributed by atoms with Crippen LogP contribution in [0.15, 0.2) is 18.2 Å². The van der Waals surface area contributed by atoms with Crippen LogP contribution in [-0.2, 0) is 5.60 Å². The van der Waals surface area contributed by atoms with E-state index in [0.717, 1.165) is 29.7 Å². The Morgan fingerprint density at radius 3 is 2.60 bits per heavy atom. The van der Waals surface area contributed by atoms with Gasteiger partial charge in [-0.15, -0.1) is 0 Å². The Bertz CT molecular complexity index is 329. The van der Waals surface area contributed by atoms with Crippen LogP contribution in [0.2, 0.25) is 0 Å². The minimum Gasteiger partial charge on any atom is -0.496 e. The van der Waals surface area contributed by atoms with Gasteiger partial charge in [0.1, 0.15) is 5.75 Å². The molecule has 0 saturated heterocycles. The monoisotopic (exact) mass is 208 g/mol. The molecule has 1 unspecified atom stereocenters. The maximum absolute atomic E-state index is 10.3. The number of hydrogen-bond acceptors (Lipinski definition) is 2. The van der Waals surface area contributed by atoms with E-state index in [4.69, 9.17) is 4.74 Å². The molecule has 0 aliphatic heterocycles. The van der Waals surface area contributed by atoms with Gasteiger partial charge in [0.25, 0.3) is 0 Å². The molecule has 0 radical (unpaired) electrons. The summed E-state index contributed by atoms with van der Waals surface area (Å²) in [5.41, 5.74) is 1.22. The third-order valence-corrected chi connectivity index (χ3v) is 2.67. The van der Waals surface area contributed by atoms with Crippen molar-refractivity contribution in [3.8, 4) is 5.75 Å². The minimum absolute atomic E-state index is 0.743. The third kappa shape index (κ3) is 2.72. The Morgan fingerprint density at radius 1 is 1.40 bits per heavy atom. The molecule has 1 N–H and O–H groups in total. The maximum atomic E-state index is 10.3. The third-order valence-electron chi connectivity index (χ3n) is 2.67. The van der Waals surface area contributed by atoms with Gasteiger partial charge in [0.05, 0.1) is 12.7 Å². The highest BCUT2D eigenvalue weighted by Gasteiger charge is 2.25. The summed E-state index contributed by atoms with van der Waals surface area (Å²) < 4.78 is 5.27. The number of aliphatic hydroxyl groups is 1. The van der Waals surface area contributed by atoms with E-state index in [1.54, 1.807) is 7.11 Å². The van der Waals surface area contributed by atoms with E-state index in [2.05, 4.69) is 6.92 Å². The standard InChI is InChI=1S/C13H20O2/c1-5-8-13(3,14)11-9-10(2)6-7-12(11)15-4/h6-7,9,14H,5,8H2,1-4H3. The molecule has 0 spiro atoms. The molecule has 84 valence electrons. The molecule has 1 aromatic carbocycles. The fraction of sp³-hybridized carbons (Fsp3) is 0.538. The summed E-state index contributed by atoms with van der Waals surface area (Å²) >= 11 is 0. The SMILES string of the molecule is CCCC(C)(O)c1cc(C)ccc1OC. The molecule has 2 nitrogen and oxygen atoms in total. The fourth-order valence-electron chi connectivity index (χ4n) is 1.86. The van der Waals surface area contributed by atoms with Gasteiger partial charge in [-0.2, -0.15) is 0 Å². The van der Waals surface area contributed by atoms with Crippen LogP contribution < -0.4 is 4.74 Å². The van der Waals surface area contributed by atoms with Crippen LogP contribution in [-0.4, -0.2) is 12.2 Å². The van der Waals surface area contributed by atoms with Gasteiger partial charge < -0.3 is 9.84 Å². The number of aryl methyl sites for hydroxylation is 1. The van der Waals surface area contributed by atoms with Crippen LogP contribution in [0.3, 0.4) is 0 Å². The van der Waals surface area contributed by atoms with Gasteiger partial charge in [-0.25, -0.2) is 0 Å². The Morgan fingerprint density at radius 2 is 2.07 bits per heavy atom. The maximum Gasteiger partial charge on any atom is 0.124 e. The number of rotatable bonds is 4. The summed E-state index contributed by atoms with van der Waals surface area (Å²) in [6.45, 7) is 5.93. The van der Waals surface area contributed by atoms with Gasteiger partial charge in [-0.1, -0.05) is 25.0 Å². The average Bonchev–Trinajstić information content (AvgIpc) is 2.17. The first-order valence-corrected chi connectivity index (χ1v) is 5.38. The van der Waals surface area contributed by atoms with Gasteiger partial charge in [0.2, 0.25) is 0 Å². The van der Waals surface area contributed by atoms with E-state index in [0.29, 0.717) is 0 Å². The molecule has 1 rings (SSSR count). The molecular weight excluding hydrogens is 188 g/mol. The van der Waals surface area contributed by atoms with Crippen molar-refractivity contribution in [1.82, 2.24) is 0 Å². The summed E-state index contributed by atoms with van der Waals surface area (Å²) in [5, 5.41) is 10.3. The number of methoxy groups -OCH3 is 1. The Kier molecular flexibility index (Phi) is 3.75. The van der Waals surface area contributed by atoms with E-state index in [1.807, 2.05) is 32.0 Å². The van der Waals surface area contributed by atoms with Crippen LogP contribution in [0.25, 0.3) is 0 Å². The Labute approximate surface area is 91.9 Å². The summed E-state index contributed by atoms with van der Waals surface area (Å²) in [4.78, 5) is 0. The average molecular weight is 208 g/mol. The fourth-order valence-corrected chi connectivity index (χ4v) is 1.86. The lowest BCUT2D eigenvalue weighted by Gasteiger charge is -2.25. The van der Waals surface area contributed by atoms with E-state index >= 15 is 0 Å². The van der Waals surface area contributed by atoms with Crippen molar-refractivity contribution in [2.24, 2.45) is 0 Å². The topological polar surface area (TPSA) is 29.5 Å². The highest BCUT2D eigenvalue weighted by Crippen LogP contribution is 2.33. The molecular formula is C13H20O2. The smallest absolute Gasteiger partial charge is 0.124 e. The predicted octanol–water partition coefficient (Wildman–Crippen LogP) is 3.01. The summed E-state index contributed by atoms with van der Waals surface area (Å²) in [6.07, 6.45) is 1.69. The highest BCUT2D eigenvalue weighted by molar-refractivity contribution is 5.40. The predicted molar refractivity (Wildman–Crippen MR) is 62.2 cm³/mol. The summed E-state index contributed by atoms with van der Waals surface area (Å²) in [5.74, 6) is 0.763. The zero-order valence-corrected chi connectivity index (χ0v) is 10.0. The molecule has 0 fully saturated rings. The first-order valence-electron chi connectivity index (χ1n) is 5.38. The highest BCUT2D eigenvalue weighted by atomic mass is 16.5. The molecule has 2 heteroatoms. The molecule has 0 aromatic heterocycles. The molecule has 0 aliphatic carbocycles. The lowest BCUT2D eigenvalue weighted by molar-refractivity contribution is 0.0444. The van der Waals surface area contributed by atoms with E-state index in [9.17, 15) is 5.11 Å². The van der Waals surface area contributed by atoms with Crippen molar-refractivity contribution in [2.75, 3.05) is 7.11 Å². The van der Waals surface area contributed by atoms with E-state index in [-0.39, 0.29) is 0 Å². The molecule has 1 aromatic rings. The first-order chi connectivity index (χ1) is 7.01. The van der Waals surface area contributed by atoms with Gasteiger partial charge in [-0.05, 0) is 32.4 Å². The number of hydrogen-bond donors (Lipinski definition) is 1.